The fraction of sp³-hybridized carbons (Fsp3) is 0.875. The minimum Gasteiger partial charge on any atom is -0.376 e. The molecule has 3 N–H and O–H groups in total. The number of hydrogen-bond acceptors (Lipinski definition) is 5. The molecule has 0 bridgehead atoms. The van der Waals surface area contributed by atoms with E-state index in [-0.39, 0.29) is 11.6 Å². The number of tetrazole rings is 1. The predicted octanol–water partition coefficient (Wildman–Crippen LogP) is 0.159. The summed E-state index contributed by atoms with van der Waals surface area (Å²) in [6.07, 6.45) is 4.25. The van der Waals surface area contributed by atoms with Crippen molar-refractivity contribution >= 4 is 0 Å². The van der Waals surface area contributed by atoms with Crippen LogP contribution in [0.25, 0.3) is 0 Å². The van der Waals surface area contributed by atoms with Gasteiger partial charge in [-0.05, 0) is 12.8 Å². The van der Waals surface area contributed by atoms with Crippen LogP contribution in [0.2, 0.25) is 0 Å². The lowest BCUT2D eigenvalue weighted by molar-refractivity contribution is -0.0284. The molecule has 0 aliphatic heterocycles. The highest BCUT2D eigenvalue weighted by Crippen LogP contribution is 2.39. The molecule has 6 nitrogen and oxygen atoms in total. The molecule has 14 heavy (non-hydrogen) atoms. The molecule has 0 saturated heterocycles. The number of ether oxygens (including phenoxy) is 1. The lowest BCUT2D eigenvalue weighted by atomic mass is 9.92. The summed E-state index contributed by atoms with van der Waals surface area (Å²) < 4.78 is 5.54. The van der Waals surface area contributed by atoms with E-state index in [4.69, 9.17) is 10.5 Å². The molecule has 0 spiro atoms. The van der Waals surface area contributed by atoms with Crippen molar-refractivity contribution in [1.29, 1.82) is 0 Å². The van der Waals surface area contributed by atoms with E-state index in [1.165, 1.54) is 0 Å². The Kier molecular flexibility index (Phi) is 2.47. The first-order chi connectivity index (χ1) is 6.78. The van der Waals surface area contributed by atoms with E-state index in [0.717, 1.165) is 25.7 Å². The lowest BCUT2D eigenvalue weighted by Crippen LogP contribution is -2.41. The SMILES string of the molecule is COC1(C(N)c2nn[nH]n2)CCCC1. The standard InChI is InChI=1S/C8H15N5O/c1-14-8(4-2-3-5-8)6(9)7-10-12-13-11-7/h6H,2-5,9H2,1H3,(H,10,11,12,13). The number of aromatic amines is 1. The van der Waals surface area contributed by atoms with Gasteiger partial charge in [0.15, 0.2) is 5.82 Å². The van der Waals surface area contributed by atoms with Crippen LogP contribution in [0.3, 0.4) is 0 Å². The van der Waals surface area contributed by atoms with Crippen molar-refractivity contribution in [2.45, 2.75) is 37.3 Å². The molecule has 78 valence electrons. The number of nitrogens with one attached hydrogen (secondary N) is 1. The monoisotopic (exact) mass is 197 g/mol. The van der Waals surface area contributed by atoms with Gasteiger partial charge in [-0.2, -0.15) is 5.21 Å². The molecule has 6 heteroatoms. The molecule has 0 aromatic carbocycles. The van der Waals surface area contributed by atoms with Crippen molar-refractivity contribution in [3.63, 3.8) is 0 Å². The third-order valence-electron chi connectivity index (χ3n) is 3.06. The van der Waals surface area contributed by atoms with Gasteiger partial charge < -0.3 is 10.5 Å². The molecule has 1 aromatic heterocycles. The van der Waals surface area contributed by atoms with Crippen molar-refractivity contribution in [2.75, 3.05) is 7.11 Å². The Balaban J connectivity index is 2.19. The molecule has 1 aliphatic carbocycles. The molecule has 1 heterocycles. The van der Waals surface area contributed by atoms with E-state index in [9.17, 15) is 0 Å². The Morgan fingerprint density at radius 3 is 2.71 bits per heavy atom. The summed E-state index contributed by atoms with van der Waals surface area (Å²) in [4.78, 5) is 0. The molecule has 1 saturated carbocycles. The average Bonchev–Trinajstić information content (AvgIpc) is 2.89. The summed E-state index contributed by atoms with van der Waals surface area (Å²) in [7, 11) is 1.70. The Hall–Kier alpha value is -1.01. The van der Waals surface area contributed by atoms with Gasteiger partial charge in [-0.1, -0.05) is 18.1 Å². The van der Waals surface area contributed by atoms with Crippen molar-refractivity contribution in [3.8, 4) is 0 Å². The fourth-order valence-corrected chi connectivity index (χ4v) is 2.15. The highest BCUT2D eigenvalue weighted by atomic mass is 16.5. The maximum atomic E-state index is 6.08. The third kappa shape index (κ3) is 1.40. The zero-order chi connectivity index (χ0) is 10.0. The Labute approximate surface area is 82.2 Å². The highest BCUT2D eigenvalue weighted by molar-refractivity contribution is 5.03. The number of aromatic nitrogens is 4. The molecule has 2 rings (SSSR count). The quantitative estimate of drug-likeness (QED) is 0.720. The number of hydrogen-bond donors (Lipinski definition) is 2. The zero-order valence-electron chi connectivity index (χ0n) is 8.23. The largest absolute Gasteiger partial charge is 0.376 e. The fourth-order valence-electron chi connectivity index (χ4n) is 2.15. The zero-order valence-corrected chi connectivity index (χ0v) is 8.23. The summed E-state index contributed by atoms with van der Waals surface area (Å²) in [6, 6.07) is -0.284. The molecular weight excluding hydrogens is 182 g/mol. The number of nitrogens with two attached hydrogens (primary N) is 1. The molecule has 0 amide bonds. The number of nitrogens with zero attached hydrogens (tertiary/aromatic N) is 3. The van der Waals surface area contributed by atoms with Crippen LogP contribution in [0, 0.1) is 0 Å². The summed E-state index contributed by atoms with van der Waals surface area (Å²) in [6.45, 7) is 0. The maximum Gasteiger partial charge on any atom is 0.194 e. The van der Waals surface area contributed by atoms with E-state index < -0.39 is 0 Å². The van der Waals surface area contributed by atoms with E-state index in [2.05, 4.69) is 20.6 Å². The minimum absolute atomic E-state index is 0.284. The van der Waals surface area contributed by atoms with Gasteiger partial charge in [0.05, 0.1) is 11.6 Å². The van der Waals surface area contributed by atoms with Crippen LogP contribution >= 0.6 is 0 Å². The van der Waals surface area contributed by atoms with Crippen molar-refractivity contribution in [1.82, 2.24) is 20.6 Å². The smallest absolute Gasteiger partial charge is 0.194 e. The number of methoxy groups -OCH3 is 1. The molecule has 1 fully saturated rings. The topological polar surface area (TPSA) is 89.7 Å². The minimum atomic E-state index is -0.288. The van der Waals surface area contributed by atoms with Crippen LogP contribution in [0.4, 0.5) is 0 Å². The highest BCUT2D eigenvalue weighted by Gasteiger charge is 2.42. The molecule has 1 aromatic rings. The van der Waals surface area contributed by atoms with Crippen molar-refractivity contribution < 1.29 is 4.74 Å². The lowest BCUT2D eigenvalue weighted by Gasteiger charge is -2.31. The molecule has 1 unspecified atom stereocenters. The maximum absolute atomic E-state index is 6.08. The van der Waals surface area contributed by atoms with Crippen LogP contribution in [0.15, 0.2) is 0 Å². The first-order valence-electron chi connectivity index (χ1n) is 4.82. The van der Waals surface area contributed by atoms with Gasteiger partial charge in [-0.25, -0.2) is 0 Å². The normalized spacial score (nSPS) is 22.4. The van der Waals surface area contributed by atoms with E-state index in [1.807, 2.05) is 0 Å². The van der Waals surface area contributed by atoms with Gasteiger partial charge in [0.2, 0.25) is 0 Å². The van der Waals surface area contributed by atoms with Gasteiger partial charge >= 0.3 is 0 Å². The summed E-state index contributed by atoms with van der Waals surface area (Å²) in [5.41, 5.74) is 5.79. The Morgan fingerprint density at radius 2 is 2.21 bits per heavy atom. The van der Waals surface area contributed by atoms with Gasteiger partial charge in [-0.3, -0.25) is 0 Å². The van der Waals surface area contributed by atoms with Crippen LogP contribution in [-0.2, 0) is 4.74 Å². The predicted molar refractivity (Wildman–Crippen MR) is 49.3 cm³/mol. The van der Waals surface area contributed by atoms with Crippen LogP contribution in [-0.4, -0.2) is 33.3 Å². The average molecular weight is 197 g/mol. The van der Waals surface area contributed by atoms with Crippen LogP contribution in [0.5, 0.6) is 0 Å². The first kappa shape index (κ1) is 9.54. The van der Waals surface area contributed by atoms with Crippen molar-refractivity contribution in [2.24, 2.45) is 5.73 Å². The summed E-state index contributed by atoms with van der Waals surface area (Å²) in [5, 5.41) is 13.7. The van der Waals surface area contributed by atoms with Gasteiger partial charge in [0.25, 0.3) is 0 Å². The summed E-state index contributed by atoms with van der Waals surface area (Å²) >= 11 is 0. The molecule has 0 radical (unpaired) electrons. The first-order valence-corrected chi connectivity index (χ1v) is 4.82. The molecule has 1 aliphatic rings. The second-order valence-corrected chi connectivity index (χ2v) is 3.72. The Morgan fingerprint density at radius 1 is 1.50 bits per heavy atom. The van der Waals surface area contributed by atoms with Crippen LogP contribution in [0.1, 0.15) is 37.5 Å². The summed E-state index contributed by atoms with van der Waals surface area (Å²) in [5.74, 6) is 0.536. The van der Waals surface area contributed by atoms with E-state index in [1.54, 1.807) is 7.11 Å². The molecular formula is C8H15N5O. The van der Waals surface area contributed by atoms with Gasteiger partial charge in [-0.15, -0.1) is 10.2 Å². The van der Waals surface area contributed by atoms with Gasteiger partial charge in [0.1, 0.15) is 0 Å². The third-order valence-corrected chi connectivity index (χ3v) is 3.06. The van der Waals surface area contributed by atoms with Crippen molar-refractivity contribution in [3.05, 3.63) is 5.82 Å². The second kappa shape index (κ2) is 3.62. The van der Waals surface area contributed by atoms with Gasteiger partial charge in [0, 0.05) is 7.11 Å². The second-order valence-electron chi connectivity index (χ2n) is 3.72. The Bertz CT molecular complexity index is 280. The van der Waals surface area contributed by atoms with Crippen LogP contribution < -0.4 is 5.73 Å². The molecule has 1 atom stereocenters. The van der Waals surface area contributed by atoms with E-state index in [0.29, 0.717) is 5.82 Å². The van der Waals surface area contributed by atoms with E-state index >= 15 is 0 Å². The number of H-pyrrole nitrogens is 1. The number of rotatable bonds is 3.